The molecule has 2 aromatic carbocycles. The molecule has 0 radical (unpaired) electrons. The molecule has 0 spiro atoms. The number of imidazole rings is 1. The van der Waals surface area contributed by atoms with Gasteiger partial charge >= 0.3 is 6.18 Å². The second kappa shape index (κ2) is 7.95. The Kier molecular flexibility index (Phi) is 5.34. The molecule has 1 aliphatic rings. The molecule has 1 aromatic heterocycles. The molecule has 0 bridgehead atoms. The molecule has 1 atom stereocenters. The van der Waals surface area contributed by atoms with Crippen molar-refractivity contribution in [2.75, 3.05) is 5.32 Å². The molecule has 0 fully saturated rings. The summed E-state index contributed by atoms with van der Waals surface area (Å²) in [6, 6.07) is 10.5. The average molecular weight is 415 g/mol. The van der Waals surface area contributed by atoms with Crippen molar-refractivity contribution in [1.82, 2.24) is 9.55 Å². The number of carbonyl (C=O) groups excluding carboxylic acids is 1. The van der Waals surface area contributed by atoms with Crippen molar-refractivity contribution in [1.29, 1.82) is 0 Å². The maximum absolute atomic E-state index is 12.9. The van der Waals surface area contributed by atoms with Crippen molar-refractivity contribution >= 4 is 11.7 Å². The lowest BCUT2D eigenvalue weighted by Crippen LogP contribution is -2.20. The summed E-state index contributed by atoms with van der Waals surface area (Å²) in [5, 5.41) is 12.5. The molecule has 0 saturated carbocycles. The largest absolute Gasteiger partial charge is 0.416 e. The third-order valence-corrected chi connectivity index (χ3v) is 5.17. The summed E-state index contributed by atoms with van der Waals surface area (Å²) in [6.45, 7) is 0.202. The topological polar surface area (TPSA) is 67.2 Å². The third kappa shape index (κ3) is 4.54. The van der Waals surface area contributed by atoms with Gasteiger partial charge in [0.1, 0.15) is 0 Å². The number of aliphatic hydroxyl groups is 1. The molecule has 1 heterocycles. The molecule has 1 aliphatic carbocycles. The Morgan fingerprint density at radius 1 is 1.20 bits per heavy atom. The van der Waals surface area contributed by atoms with Crippen LogP contribution in [-0.2, 0) is 25.6 Å². The van der Waals surface area contributed by atoms with E-state index < -0.39 is 11.7 Å². The number of hydrogen-bond donors (Lipinski definition) is 2. The van der Waals surface area contributed by atoms with Crippen molar-refractivity contribution in [2.45, 2.75) is 38.1 Å². The van der Waals surface area contributed by atoms with E-state index in [2.05, 4.69) is 10.3 Å². The molecule has 4 rings (SSSR count). The minimum Gasteiger partial charge on any atom is -0.393 e. The van der Waals surface area contributed by atoms with Gasteiger partial charge in [-0.3, -0.25) is 4.79 Å². The summed E-state index contributed by atoms with van der Waals surface area (Å²) in [5.74, 6) is 0.00774. The fourth-order valence-electron chi connectivity index (χ4n) is 3.63. The van der Waals surface area contributed by atoms with Crippen LogP contribution in [0.2, 0.25) is 0 Å². The van der Waals surface area contributed by atoms with Crippen LogP contribution in [0.25, 0.3) is 0 Å². The second-order valence-corrected chi connectivity index (χ2v) is 7.46. The number of alkyl halides is 3. The standard InChI is InChI=1S/C22H20F3N3O2/c23-22(24,25)18-3-1-2-14(8-18)11-28-12-20(26-13-28)27-21(30)17-5-4-16-10-19(29)7-6-15(16)9-17/h1-5,8-9,12-13,19,29H,6-7,10-11H2,(H,27,30). The van der Waals surface area contributed by atoms with Gasteiger partial charge in [0.05, 0.1) is 18.0 Å². The number of nitrogens with one attached hydrogen (secondary N) is 1. The zero-order valence-corrected chi connectivity index (χ0v) is 16.0. The maximum Gasteiger partial charge on any atom is 0.416 e. The van der Waals surface area contributed by atoms with E-state index in [1.807, 2.05) is 12.1 Å². The normalized spacial score (nSPS) is 16.2. The third-order valence-electron chi connectivity index (χ3n) is 5.17. The van der Waals surface area contributed by atoms with E-state index >= 15 is 0 Å². The molecule has 3 aromatic rings. The highest BCUT2D eigenvalue weighted by Crippen LogP contribution is 2.29. The van der Waals surface area contributed by atoms with E-state index in [0.717, 1.165) is 29.7 Å². The van der Waals surface area contributed by atoms with Gasteiger partial charge in [0.15, 0.2) is 5.82 Å². The number of amides is 1. The summed E-state index contributed by atoms with van der Waals surface area (Å²) in [7, 11) is 0. The van der Waals surface area contributed by atoms with E-state index in [9.17, 15) is 23.1 Å². The van der Waals surface area contributed by atoms with Gasteiger partial charge in [-0.25, -0.2) is 4.98 Å². The summed E-state index contributed by atoms with van der Waals surface area (Å²) in [6.07, 6.45) is 0.310. The zero-order valence-electron chi connectivity index (χ0n) is 16.0. The van der Waals surface area contributed by atoms with Gasteiger partial charge in [-0.1, -0.05) is 18.2 Å². The molecule has 8 heteroatoms. The first-order chi connectivity index (χ1) is 14.3. The molecule has 0 aliphatic heterocycles. The van der Waals surface area contributed by atoms with Crippen LogP contribution in [-0.4, -0.2) is 26.7 Å². The summed E-state index contributed by atoms with van der Waals surface area (Å²) < 4.78 is 40.2. The van der Waals surface area contributed by atoms with E-state index in [4.69, 9.17) is 0 Å². The van der Waals surface area contributed by atoms with Crippen molar-refractivity contribution < 1.29 is 23.1 Å². The Morgan fingerprint density at radius 2 is 2.03 bits per heavy atom. The van der Waals surface area contributed by atoms with Gasteiger partial charge in [0.2, 0.25) is 0 Å². The fourth-order valence-corrected chi connectivity index (χ4v) is 3.63. The smallest absolute Gasteiger partial charge is 0.393 e. The maximum atomic E-state index is 12.9. The Labute approximate surface area is 171 Å². The van der Waals surface area contributed by atoms with Gasteiger partial charge < -0.3 is 15.0 Å². The minimum atomic E-state index is -4.39. The van der Waals surface area contributed by atoms with Crippen LogP contribution in [0.3, 0.4) is 0 Å². The minimum absolute atomic E-state index is 0.202. The number of anilines is 1. The molecule has 1 amide bonds. The van der Waals surface area contributed by atoms with Crippen LogP contribution in [0.1, 0.15) is 39.0 Å². The fraction of sp³-hybridized carbons (Fsp3) is 0.273. The number of rotatable bonds is 4. The molecule has 156 valence electrons. The van der Waals surface area contributed by atoms with Crippen LogP contribution >= 0.6 is 0 Å². The highest BCUT2D eigenvalue weighted by atomic mass is 19.4. The van der Waals surface area contributed by atoms with Crippen LogP contribution in [0.15, 0.2) is 55.0 Å². The van der Waals surface area contributed by atoms with Crippen molar-refractivity contribution in [3.63, 3.8) is 0 Å². The Morgan fingerprint density at radius 3 is 2.83 bits per heavy atom. The van der Waals surface area contributed by atoms with Gasteiger partial charge in [-0.05, 0) is 60.2 Å². The van der Waals surface area contributed by atoms with Gasteiger partial charge in [0, 0.05) is 18.3 Å². The van der Waals surface area contributed by atoms with Gasteiger partial charge in [-0.15, -0.1) is 0 Å². The molecule has 2 N–H and O–H groups in total. The first-order valence-electron chi connectivity index (χ1n) is 9.57. The first kappa shape index (κ1) is 20.2. The molecule has 5 nitrogen and oxygen atoms in total. The number of aryl methyl sites for hydroxylation is 1. The van der Waals surface area contributed by atoms with Crippen LogP contribution < -0.4 is 5.32 Å². The highest BCUT2D eigenvalue weighted by molar-refractivity contribution is 6.03. The summed E-state index contributed by atoms with van der Waals surface area (Å²) in [4.78, 5) is 16.7. The average Bonchev–Trinajstić information content (AvgIpc) is 3.13. The number of hydrogen-bond acceptors (Lipinski definition) is 3. The first-order valence-corrected chi connectivity index (χ1v) is 9.57. The van der Waals surface area contributed by atoms with E-state index in [-0.39, 0.29) is 18.6 Å². The summed E-state index contributed by atoms with van der Waals surface area (Å²) in [5.41, 5.74) is 2.39. The number of fused-ring (bicyclic) bond motifs is 1. The monoisotopic (exact) mass is 415 g/mol. The zero-order chi connectivity index (χ0) is 21.3. The lowest BCUT2D eigenvalue weighted by Gasteiger charge is -2.20. The molecular formula is C22H20F3N3O2. The highest BCUT2D eigenvalue weighted by Gasteiger charge is 2.30. The number of benzene rings is 2. The predicted molar refractivity (Wildman–Crippen MR) is 105 cm³/mol. The Bertz CT molecular complexity index is 1080. The quantitative estimate of drug-likeness (QED) is 0.676. The number of aliphatic hydroxyl groups excluding tert-OH is 1. The second-order valence-electron chi connectivity index (χ2n) is 7.46. The SMILES string of the molecule is O=C(Nc1cn(Cc2cccc(C(F)(F)F)c2)cn1)c1ccc2c(c1)CCC(O)C2. The molecule has 30 heavy (non-hydrogen) atoms. The Balaban J connectivity index is 1.43. The molecular weight excluding hydrogens is 395 g/mol. The Hall–Kier alpha value is -3.13. The molecule has 0 saturated heterocycles. The van der Waals surface area contributed by atoms with Gasteiger partial charge in [0.25, 0.3) is 5.91 Å². The van der Waals surface area contributed by atoms with Gasteiger partial charge in [-0.2, -0.15) is 13.2 Å². The predicted octanol–water partition coefficient (Wildman–Crippen LogP) is 4.05. The van der Waals surface area contributed by atoms with Crippen molar-refractivity contribution in [3.05, 3.63) is 82.8 Å². The summed E-state index contributed by atoms with van der Waals surface area (Å²) >= 11 is 0. The number of halogens is 3. The van der Waals surface area contributed by atoms with Crippen LogP contribution in [0.4, 0.5) is 19.0 Å². The van der Waals surface area contributed by atoms with Crippen LogP contribution in [0, 0.1) is 0 Å². The van der Waals surface area contributed by atoms with E-state index in [0.29, 0.717) is 29.8 Å². The van der Waals surface area contributed by atoms with E-state index in [1.165, 1.54) is 12.4 Å². The molecule has 1 unspecified atom stereocenters. The van der Waals surface area contributed by atoms with Crippen LogP contribution in [0.5, 0.6) is 0 Å². The number of carbonyl (C=O) groups is 1. The number of nitrogens with zero attached hydrogens (tertiary/aromatic N) is 2. The van der Waals surface area contributed by atoms with Crippen molar-refractivity contribution in [2.24, 2.45) is 0 Å². The van der Waals surface area contributed by atoms with Crippen molar-refractivity contribution in [3.8, 4) is 0 Å². The number of aromatic nitrogens is 2. The lowest BCUT2D eigenvalue weighted by molar-refractivity contribution is -0.137. The lowest BCUT2D eigenvalue weighted by atomic mass is 9.88. The van der Waals surface area contributed by atoms with E-state index in [1.54, 1.807) is 22.9 Å².